The van der Waals surface area contributed by atoms with E-state index >= 15 is 0 Å². The Morgan fingerprint density at radius 1 is 1.06 bits per heavy atom. The van der Waals surface area contributed by atoms with E-state index in [0.29, 0.717) is 30.8 Å². The molecule has 1 saturated heterocycles. The topological polar surface area (TPSA) is 104 Å². The number of hydrogen-bond donors (Lipinski definition) is 2. The van der Waals surface area contributed by atoms with Crippen molar-refractivity contribution in [1.82, 2.24) is 29.4 Å². The van der Waals surface area contributed by atoms with Crippen LogP contribution in [0.1, 0.15) is 33.1 Å². The molecule has 3 heterocycles. The first-order chi connectivity index (χ1) is 16.2. The SMILES string of the molecule is CCN(CC)c1nc(NCCCN2CCCC2=O)nc(Nc2ccc(-n3ccnc3)cc2)n1. The van der Waals surface area contributed by atoms with Crippen molar-refractivity contribution < 1.29 is 4.79 Å². The molecule has 1 aromatic carbocycles. The Kier molecular flexibility index (Phi) is 7.33. The van der Waals surface area contributed by atoms with E-state index in [2.05, 4.69) is 49.3 Å². The Labute approximate surface area is 194 Å². The quantitative estimate of drug-likeness (QED) is 0.431. The van der Waals surface area contributed by atoms with Gasteiger partial charge in [-0.05, 0) is 51.0 Å². The zero-order valence-electron chi connectivity index (χ0n) is 19.2. The Bertz CT molecular complexity index is 1030. The van der Waals surface area contributed by atoms with Gasteiger partial charge >= 0.3 is 0 Å². The third-order valence-electron chi connectivity index (χ3n) is 5.66. The van der Waals surface area contributed by atoms with E-state index in [9.17, 15) is 4.79 Å². The summed E-state index contributed by atoms with van der Waals surface area (Å²) in [6.45, 7) is 8.07. The van der Waals surface area contributed by atoms with Crippen LogP contribution in [0.3, 0.4) is 0 Å². The molecular formula is C23H31N9O. The van der Waals surface area contributed by atoms with Gasteiger partial charge in [0.25, 0.3) is 0 Å². The van der Waals surface area contributed by atoms with Crippen molar-refractivity contribution in [2.45, 2.75) is 33.1 Å². The van der Waals surface area contributed by atoms with Crippen LogP contribution in [-0.2, 0) is 4.79 Å². The fourth-order valence-corrected chi connectivity index (χ4v) is 3.82. The van der Waals surface area contributed by atoms with Crippen LogP contribution in [0.2, 0.25) is 0 Å². The second-order valence-electron chi connectivity index (χ2n) is 7.86. The van der Waals surface area contributed by atoms with Gasteiger partial charge in [-0.25, -0.2) is 4.98 Å². The summed E-state index contributed by atoms with van der Waals surface area (Å²) in [4.78, 5) is 33.7. The molecule has 2 aromatic heterocycles. The number of rotatable bonds is 11. The second-order valence-corrected chi connectivity index (χ2v) is 7.86. The van der Waals surface area contributed by atoms with Crippen molar-refractivity contribution in [3.8, 4) is 5.69 Å². The maximum absolute atomic E-state index is 11.8. The molecule has 3 aromatic rings. The lowest BCUT2D eigenvalue weighted by Gasteiger charge is -2.20. The van der Waals surface area contributed by atoms with Crippen LogP contribution >= 0.6 is 0 Å². The average Bonchev–Trinajstić information content (AvgIpc) is 3.50. The van der Waals surface area contributed by atoms with E-state index < -0.39 is 0 Å². The Morgan fingerprint density at radius 3 is 2.52 bits per heavy atom. The van der Waals surface area contributed by atoms with Gasteiger partial charge in [0.15, 0.2) is 0 Å². The number of imidazole rings is 1. The molecule has 1 aliphatic heterocycles. The molecule has 0 atom stereocenters. The van der Waals surface area contributed by atoms with E-state index in [0.717, 1.165) is 50.4 Å². The smallest absolute Gasteiger partial charge is 0.233 e. The van der Waals surface area contributed by atoms with Gasteiger partial charge in [-0.1, -0.05) is 0 Å². The molecule has 4 rings (SSSR count). The van der Waals surface area contributed by atoms with Crippen LogP contribution in [0.25, 0.3) is 5.69 Å². The normalized spacial score (nSPS) is 13.4. The van der Waals surface area contributed by atoms with E-state index in [1.54, 1.807) is 12.5 Å². The Balaban J connectivity index is 1.44. The van der Waals surface area contributed by atoms with Crippen molar-refractivity contribution in [1.29, 1.82) is 0 Å². The molecule has 0 saturated carbocycles. The molecule has 1 aliphatic rings. The molecule has 10 heteroatoms. The number of carbonyl (C=O) groups is 1. The number of carbonyl (C=O) groups excluding carboxylic acids is 1. The lowest BCUT2D eigenvalue weighted by atomic mass is 10.3. The van der Waals surface area contributed by atoms with Gasteiger partial charge in [0.2, 0.25) is 23.8 Å². The first kappa shape index (κ1) is 22.5. The minimum Gasteiger partial charge on any atom is -0.354 e. The molecule has 0 aliphatic carbocycles. The molecule has 0 bridgehead atoms. The molecule has 1 amide bonds. The largest absolute Gasteiger partial charge is 0.354 e. The predicted molar refractivity (Wildman–Crippen MR) is 129 cm³/mol. The summed E-state index contributed by atoms with van der Waals surface area (Å²) >= 11 is 0. The highest BCUT2D eigenvalue weighted by Gasteiger charge is 2.19. The van der Waals surface area contributed by atoms with Crippen LogP contribution in [0.4, 0.5) is 23.5 Å². The lowest BCUT2D eigenvalue weighted by molar-refractivity contribution is -0.127. The van der Waals surface area contributed by atoms with Gasteiger partial charge in [-0.2, -0.15) is 15.0 Å². The highest BCUT2D eigenvalue weighted by Crippen LogP contribution is 2.19. The fraction of sp³-hybridized carbons (Fsp3) is 0.435. The minimum absolute atomic E-state index is 0.254. The first-order valence-electron chi connectivity index (χ1n) is 11.5. The molecule has 33 heavy (non-hydrogen) atoms. The molecule has 174 valence electrons. The van der Waals surface area contributed by atoms with Crippen LogP contribution in [-0.4, -0.2) is 68.0 Å². The predicted octanol–water partition coefficient (Wildman–Crippen LogP) is 3.07. The summed E-state index contributed by atoms with van der Waals surface area (Å²) in [5.74, 6) is 1.89. The number of hydrogen-bond acceptors (Lipinski definition) is 8. The molecule has 2 N–H and O–H groups in total. The zero-order valence-corrected chi connectivity index (χ0v) is 19.2. The number of likely N-dealkylation sites (tertiary alicyclic amines) is 1. The van der Waals surface area contributed by atoms with Gasteiger partial charge in [0.05, 0.1) is 6.33 Å². The number of aromatic nitrogens is 5. The highest BCUT2D eigenvalue weighted by molar-refractivity contribution is 5.78. The number of benzene rings is 1. The van der Waals surface area contributed by atoms with Crippen molar-refractivity contribution in [2.24, 2.45) is 0 Å². The lowest BCUT2D eigenvalue weighted by Crippen LogP contribution is -2.27. The van der Waals surface area contributed by atoms with Crippen LogP contribution < -0.4 is 15.5 Å². The molecule has 10 nitrogen and oxygen atoms in total. The third kappa shape index (κ3) is 5.76. The standard InChI is InChI=1S/C23H31N9O/c1-3-30(4-2)23-28-21(25-12-6-15-31-14-5-7-20(31)33)27-22(29-23)26-18-8-10-19(11-9-18)32-16-13-24-17-32/h8-11,13,16-17H,3-7,12,14-15H2,1-2H3,(H2,25,26,27,28,29). The van der Waals surface area contributed by atoms with Crippen molar-refractivity contribution in [2.75, 3.05) is 48.3 Å². The average molecular weight is 450 g/mol. The number of anilines is 4. The van der Waals surface area contributed by atoms with E-state index in [1.807, 2.05) is 39.9 Å². The zero-order chi connectivity index (χ0) is 23.0. The second kappa shape index (κ2) is 10.8. The van der Waals surface area contributed by atoms with Crippen molar-refractivity contribution in [3.05, 3.63) is 43.0 Å². The summed E-state index contributed by atoms with van der Waals surface area (Å²) in [5.41, 5.74) is 1.91. The van der Waals surface area contributed by atoms with Crippen LogP contribution in [0.15, 0.2) is 43.0 Å². The van der Waals surface area contributed by atoms with Gasteiger partial charge in [-0.3, -0.25) is 4.79 Å². The van der Waals surface area contributed by atoms with Crippen molar-refractivity contribution in [3.63, 3.8) is 0 Å². The summed E-state index contributed by atoms with van der Waals surface area (Å²) in [6, 6.07) is 7.98. The maximum Gasteiger partial charge on any atom is 0.233 e. The number of nitrogens with zero attached hydrogens (tertiary/aromatic N) is 7. The summed E-state index contributed by atoms with van der Waals surface area (Å²) in [7, 11) is 0. The van der Waals surface area contributed by atoms with Crippen LogP contribution in [0.5, 0.6) is 0 Å². The maximum atomic E-state index is 11.8. The monoisotopic (exact) mass is 449 g/mol. The Morgan fingerprint density at radius 2 is 1.85 bits per heavy atom. The fourth-order valence-electron chi connectivity index (χ4n) is 3.82. The number of nitrogens with one attached hydrogen (secondary N) is 2. The molecular weight excluding hydrogens is 418 g/mol. The summed E-state index contributed by atoms with van der Waals surface area (Å²) in [6.07, 6.45) is 7.90. The minimum atomic E-state index is 0.254. The van der Waals surface area contributed by atoms with E-state index in [-0.39, 0.29) is 5.91 Å². The molecule has 0 unspecified atom stereocenters. The van der Waals surface area contributed by atoms with Gasteiger partial charge < -0.3 is 25.0 Å². The van der Waals surface area contributed by atoms with Crippen molar-refractivity contribution >= 4 is 29.4 Å². The summed E-state index contributed by atoms with van der Waals surface area (Å²) in [5, 5.41) is 6.60. The van der Waals surface area contributed by atoms with Crippen LogP contribution in [0, 0.1) is 0 Å². The molecule has 0 spiro atoms. The van der Waals surface area contributed by atoms with Gasteiger partial charge in [0.1, 0.15) is 0 Å². The van der Waals surface area contributed by atoms with Gasteiger partial charge in [-0.15, -0.1) is 0 Å². The van der Waals surface area contributed by atoms with E-state index in [1.165, 1.54) is 0 Å². The molecule has 0 radical (unpaired) electrons. The molecule has 1 fully saturated rings. The Hall–Kier alpha value is -3.69. The number of amides is 1. The summed E-state index contributed by atoms with van der Waals surface area (Å²) < 4.78 is 1.95. The first-order valence-corrected chi connectivity index (χ1v) is 11.5. The highest BCUT2D eigenvalue weighted by atomic mass is 16.2. The van der Waals surface area contributed by atoms with Gasteiger partial charge in [0, 0.05) is 62.9 Å². The van der Waals surface area contributed by atoms with E-state index in [4.69, 9.17) is 0 Å². The third-order valence-corrected chi connectivity index (χ3v) is 5.66.